The second kappa shape index (κ2) is 5.43. The van der Waals surface area contributed by atoms with E-state index in [-0.39, 0.29) is 5.91 Å². The summed E-state index contributed by atoms with van der Waals surface area (Å²) < 4.78 is 1.70. The zero-order valence-corrected chi connectivity index (χ0v) is 9.46. The molecule has 1 rings (SSSR count). The van der Waals surface area contributed by atoms with Crippen molar-refractivity contribution in [2.45, 2.75) is 12.5 Å². The maximum atomic E-state index is 11.6. The summed E-state index contributed by atoms with van der Waals surface area (Å²) in [6.45, 7) is 3.60. The highest BCUT2D eigenvalue weighted by molar-refractivity contribution is 5.80. The summed E-state index contributed by atoms with van der Waals surface area (Å²) in [5, 5.41) is 1.11. The van der Waals surface area contributed by atoms with Crippen LogP contribution in [0, 0.1) is 0 Å². The number of hydrogen-bond donors (Lipinski definition) is 1. The van der Waals surface area contributed by atoms with Gasteiger partial charge >= 0.3 is 0 Å². The summed E-state index contributed by atoms with van der Waals surface area (Å²) in [5.41, 5.74) is 6.47. The Balaban J connectivity index is 2.60. The molecule has 0 unspecified atom stereocenters. The van der Waals surface area contributed by atoms with Crippen LogP contribution in [0.25, 0.3) is 6.20 Å². The van der Waals surface area contributed by atoms with E-state index >= 15 is 0 Å². The van der Waals surface area contributed by atoms with Crippen LogP contribution in [-0.2, 0) is 16.1 Å². The Bertz CT molecular complexity index is 375. The fraction of sp³-hybridized carbons (Fsp3) is 0.400. The van der Waals surface area contributed by atoms with Gasteiger partial charge in [-0.15, -0.1) is 0 Å². The van der Waals surface area contributed by atoms with Crippen LogP contribution in [0.15, 0.2) is 19.1 Å². The molecule has 6 nitrogen and oxygen atoms in total. The van der Waals surface area contributed by atoms with Gasteiger partial charge in [-0.1, -0.05) is 6.58 Å². The van der Waals surface area contributed by atoms with Gasteiger partial charge in [0.1, 0.15) is 0 Å². The van der Waals surface area contributed by atoms with Gasteiger partial charge < -0.3 is 10.3 Å². The summed E-state index contributed by atoms with van der Waals surface area (Å²) in [7, 11) is 2.93. The molecule has 1 heterocycles. The number of aromatic nitrogens is 2. The number of hydroxylamine groups is 2. The predicted molar refractivity (Wildman–Crippen MR) is 60.1 cm³/mol. The molecule has 0 radical (unpaired) electrons. The largest absolute Gasteiger partial charge is 0.319 e. The van der Waals surface area contributed by atoms with E-state index in [0.29, 0.717) is 6.42 Å². The Morgan fingerprint density at radius 1 is 1.88 bits per heavy atom. The van der Waals surface area contributed by atoms with Gasteiger partial charge in [0.2, 0.25) is 0 Å². The molecule has 1 atom stereocenters. The molecule has 0 saturated carbocycles. The Labute approximate surface area is 94.3 Å². The Hall–Kier alpha value is -1.66. The van der Waals surface area contributed by atoms with Crippen molar-refractivity contribution in [3.8, 4) is 0 Å². The van der Waals surface area contributed by atoms with Gasteiger partial charge in [0.05, 0.1) is 25.2 Å². The normalized spacial score (nSPS) is 12.2. The molecular weight excluding hydrogens is 208 g/mol. The third-order valence-corrected chi connectivity index (χ3v) is 2.20. The highest BCUT2D eigenvalue weighted by atomic mass is 16.7. The van der Waals surface area contributed by atoms with Crippen LogP contribution in [0.5, 0.6) is 0 Å². The lowest BCUT2D eigenvalue weighted by molar-refractivity contribution is -0.170. The Morgan fingerprint density at radius 3 is 3.06 bits per heavy atom. The summed E-state index contributed by atoms with van der Waals surface area (Å²) in [5.74, 6) is -0.282. The quantitative estimate of drug-likeness (QED) is 0.707. The molecule has 0 aromatic carbocycles. The number of carbonyl (C=O) groups is 1. The molecule has 1 aromatic rings. The number of likely N-dealkylation sites (N-methyl/N-ethyl adjacent to an activating group) is 1. The first-order chi connectivity index (χ1) is 7.58. The van der Waals surface area contributed by atoms with E-state index in [1.807, 2.05) is 0 Å². The third kappa shape index (κ3) is 2.91. The van der Waals surface area contributed by atoms with Crippen LogP contribution in [0.2, 0.25) is 0 Å². The first kappa shape index (κ1) is 12.4. The standard InChI is InChI=1S/C10H16N4O2/c1-4-14-6-8(12-7-14)5-9(11)10(15)13(2)16-3/h4,6-7,9H,1,5,11H2,2-3H3/t9-/m0/s1. The topological polar surface area (TPSA) is 73.4 Å². The number of hydrogen-bond acceptors (Lipinski definition) is 4. The summed E-state index contributed by atoms with van der Waals surface area (Å²) in [6, 6.07) is -0.655. The summed E-state index contributed by atoms with van der Waals surface area (Å²) >= 11 is 0. The van der Waals surface area contributed by atoms with Crippen molar-refractivity contribution >= 4 is 12.1 Å². The number of nitrogens with two attached hydrogens (primary N) is 1. The van der Waals surface area contributed by atoms with Crippen molar-refractivity contribution < 1.29 is 9.63 Å². The Morgan fingerprint density at radius 2 is 2.56 bits per heavy atom. The molecule has 0 saturated heterocycles. The number of nitrogens with zero attached hydrogens (tertiary/aromatic N) is 3. The Kier molecular flexibility index (Phi) is 4.21. The predicted octanol–water partition coefficient (Wildman–Crippen LogP) is -0.127. The zero-order chi connectivity index (χ0) is 12.1. The van der Waals surface area contributed by atoms with Crippen LogP contribution < -0.4 is 5.73 Å². The first-order valence-electron chi connectivity index (χ1n) is 4.80. The van der Waals surface area contributed by atoms with E-state index in [1.165, 1.54) is 14.2 Å². The van der Waals surface area contributed by atoms with Crippen molar-refractivity contribution in [1.29, 1.82) is 0 Å². The van der Waals surface area contributed by atoms with Gasteiger partial charge in [0, 0.05) is 25.9 Å². The van der Waals surface area contributed by atoms with Crippen molar-refractivity contribution in [3.05, 3.63) is 24.8 Å². The minimum Gasteiger partial charge on any atom is -0.319 e. The SMILES string of the molecule is C=Cn1cnc(C[C@H](N)C(=O)N(C)OC)c1. The highest BCUT2D eigenvalue weighted by Crippen LogP contribution is 2.02. The maximum Gasteiger partial charge on any atom is 0.263 e. The minimum atomic E-state index is -0.655. The summed E-state index contributed by atoms with van der Waals surface area (Å²) in [6.07, 6.45) is 5.37. The third-order valence-electron chi connectivity index (χ3n) is 2.20. The van der Waals surface area contributed by atoms with E-state index in [4.69, 9.17) is 10.6 Å². The molecule has 0 aliphatic rings. The van der Waals surface area contributed by atoms with Crippen LogP contribution in [0.4, 0.5) is 0 Å². The first-order valence-corrected chi connectivity index (χ1v) is 4.80. The monoisotopic (exact) mass is 224 g/mol. The molecule has 1 aromatic heterocycles. The van der Waals surface area contributed by atoms with Gasteiger partial charge in [0.25, 0.3) is 5.91 Å². The van der Waals surface area contributed by atoms with Crippen LogP contribution in [0.3, 0.4) is 0 Å². The van der Waals surface area contributed by atoms with E-state index in [2.05, 4.69) is 11.6 Å². The van der Waals surface area contributed by atoms with Crippen molar-refractivity contribution in [2.75, 3.05) is 14.2 Å². The molecule has 0 spiro atoms. The fourth-order valence-corrected chi connectivity index (χ4v) is 1.22. The van der Waals surface area contributed by atoms with Crippen LogP contribution in [-0.4, -0.2) is 40.7 Å². The number of rotatable bonds is 5. The van der Waals surface area contributed by atoms with Crippen molar-refractivity contribution in [2.24, 2.45) is 5.73 Å². The minimum absolute atomic E-state index is 0.282. The van der Waals surface area contributed by atoms with Gasteiger partial charge in [-0.2, -0.15) is 0 Å². The smallest absolute Gasteiger partial charge is 0.263 e. The molecular formula is C10H16N4O2. The van der Waals surface area contributed by atoms with E-state index in [0.717, 1.165) is 10.8 Å². The molecule has 0 bridgehead atoms. The fourth-order valence-electron chi connectivity index (χ4n) is 1.22. The van der Waals surface area contributed by atoms with Crippen molar-refractivity contribution in [1.82, 2.24) is 14.6 Å². The molecule has 2 N–H and O–H groups in total. The van der Waals surface area contributed by atoms with E-state index in [9.17, 15) is 4.79 Å². The molecule has 88 valence electrons. The average Bonchev–Trinajstić information content (AvgIpc) is 2.74. The molecule has 16 heavy (non-hydrogen) atoms. The zero-order valence-electron chi connectivity index (χ0n) is 9.46. The number of carbonyl (C=O) groups excluding carboxylic acids is 1. The maximum absolute atomic E-state index is 11.6. The van der Waals surface area contributed by atoms with Gasteiger partial charge in [-0.25, -0.2) is 10.0 Å². The number of imidazole rings is 1. The second-order valence-corrected chi connectivity index (χ2v) is 3.32. The van der Waals surface area contributed by atoms with E-state index in [1.54, 1.807) is 23.3 Å². The second-order valence-electron chi connectivity index (χ2n) is 3.32. The van der Waals surface area contributed by atoms with Crippen LogP contribution >= 0.6 is 0 Å². The van der Waals surface area contributed by atoms with Gasteiger partial charge in [0.15, 0.2) is 0 Å². The molecule has 0 aliphatic carbocycles. The van der Waals surface area contributed by atoms with E-state index < -0.39 is 6.04 Å². The van der Waals surface area contributed by atoms with Gasteiger partial charge in [-0.3, -0.25) is 9.63 Å². The number of amides is 1. The lowest BCUT2D eigenvalue weighted by Gasteiger charge is -2.17. The highest BCUT2D eigenvalue weighted by Gasteiger charge is 2.19. The summed E-state index contributed by atoms with van der Waals surface area (Å²) in [4.78, 5) is 20.4. The molecule has 6 heteroatoms. The lowest BCUT2D eigenvalue weighted by Crippen LogP contribution is -2.42. The van der Waals surface area contributed by atoms with Crippen molar-refractivity contribution in [3.63, 3.8) is 0 Å². The van der Waals surface area contributed by atoms with Gasteiger partial charge in [-0.05, 0) is 0 Å². The molecule has 0 fully saturated rings. The average molecular weight is 224 g/mol. The molecule has 1 amide bonds. The lowest BCUT2D eigenvalue weighted by atomic mass is 10.1. The molecule has 0 aliphatic heterocycles. The van der Waals surface area contributed by atoms with Crippen LogP contribution in [0.1, 0.15) is 5.69 Å².